The summed E-state index contributed by atoms with van der Waals surface area (Å²) in [6, 6.07) is 4.02. The number of hydrogen-bond donors (Lipinski definition) is 2. The smallest absolute Gasteiger partial charge is 0.224 e. The van der Waals surface area contributed by atoms with Crippen molar-refractivity contribution in [1.82, 2.24) is 34.4 Å². The number of hydrogen-bond acceptors (Lipinski definition) is 6. The Morgan fingerprint density at radius 3 is 3.11 bits per heavy atom. The molecule has 27 heavy (non-hydrogen) atoms. The second-order valence-corrected chi connectivity index (χ2v) is 6.76. The number of carbonyl (C=O) groups is 1. The Balaban J connectivity index is 1.43. The zero-order valence-electron chi connectivity index (χ0n) is 14.8. The summed E-state index contributed by atoms with van der Waals surface area (Å²) >= 11 is 0. The van der Waals surface area contributed by atoms with Crippen molar-refractivity contribution < 1.29 is 4.79 Å². The van der Waals surface area contributed by atoms with E-state index < -0.39 is 0 Å². The molecule has 1 saturated heterocycles. The molecule has 9 nitrogen and oxygen atoms in total. The van der Waals surface area contributed by atoms with Crippen LogP contribution in [0, 0.1) is 0 Å². The molecular formula is C18H18N8O. The van der Waals surface area contributed by atoms with Crippen molar-refractivity contribution >= 4 is 28.5 Å². The largest absolute Gasteiger partial charge is 0.350 e. The van der Waals surface area contributed by atoms with E-state index in [1.807, 2.05) is 31.6 Å². The lowest BCUT2D eigenvalue weighted by Gasteiger charge is -2.30. The molecule has 1 amide bonds. The Morgan fingerprint density at radius 2 is 2.22 bits per heavy atom. The van der Waals surface area contributed by atoms with E-state index in [0.29, 0.717) is 18.9 Å². The second kappa shape index (κ2) is 6.04. The van der Waals surface area contributed by atoms with Crippen LogP contribution < -0.4 is 5.32 Å². The van der Waals surface area contributed by atoms with Crippen LogP contribution in [0.1, 0.15) is 12.8 Å². The van der Waals surface area contributed by atoms with E-state index in [-0.39, 0.29) is 11.9 Å². The number of fused-ring (bicyclic) bond motifs is 2. The maximum absolute atomic E-state index is 11.6. The molecule has 0 bridgehead atoms. The van der Waals surface area contributed by atoms with Crippen LogP contribution in [0.15, 0.2) is 36.9 Å². The molecule has 1 aliphatic heterocycles. The van der Waals surface area contributed by atoms with Crippen LogP contribution in [0.3, 0.4) is 0 Å². The highest BCUT2D eigenvalue weighted by molar-refractivity contribution is 5.92. The van der Waals surface area contributed by atoms with Crippen molar-refractivity contribution in [3.8, 4) is 11.3 Å². The van der Waals surface area contributed by atoms with Crippen LogP contribution in [0.5, 0.6) is 0 Å². The van der Waals surface area contributed by atoms with Crippen LogP contribution >= 0.6 is 0 Å². The minimum atomic E-state index is 0.157. The maximum atomic E-state index is 11.6. The van der Waals surface area contributed by atoms with Gasteiger partial charge in [0.2, 0.25) is 11.9 Å². The Kier molecular flexibility index (Phi) is 3.52. The van der Waals surface area contributed by atoms with Gasteiger partial charge in [-0.05, 0) is 18.6 Å². The number of rotatable bonds is 3. The third-order valence-electron chi connectivity index (χ3n) is 4.92. The Labute approximate surface area is 154 Å². The van der Waals surface area contributed by atoms with Crippen molar-refractivity contribution in [1.29, 1.82) is 0 Å². The van der Waals surface area contributed by atoms with Gasteiger partial charge in [-0.1, -0.05) is 0 Å². The van der Waals surface area contributed by atoms with Gasteiger partial charge < -0.3 is 15.2 Å². The summed E-state index contributed by atoms with van der Waals surface area (Å²) in [4.78, 5) is 29.8. The van der Waals surface area contributed by atoms with Gasteiger partial charge in [0, 0.05) is 61.8 Å². The van der Waals surface area contributed by atoms with E-state index in [2.05, 4.69) is 30.4 Å². The molecular weight excluding hydrogens is 344 g/mol. The van der Waals surface area contributed by atoms with Crippen LogP contribution in [0.4, 0.5) is 5.95 Å². The molecule has 2 N–H and O–H groups in total. The Morgan fingerprint density at radius 1 is 1.30 bits per heavy atom. The molecule has 0 saturated carbocycles. The molecule has 9 heteroatoms. The first-order valence-electron chi connectivity index (χ1n) is 8.83. The predicted molar refractivity (Wildman–Crippen MR) is 100 cm³/mol. The van der Waals surface area contributed by atoms with Gasteiger partial charge in [-0.25, -0.2) is 14.5 Å². The molecule has 136 valence electrons. The maximum Gasteiger partial charge on any atom is 0.224 e. The zero-order valence-corrected chi connectivity index (χ0v) is 14.8. The normalized spacial score (nSPS) is 17.7. The van der Waals surface area contributed by atoms with Crippen molar-refractivity contribution in [2.45, 2.75) is 18.9 Å². The van der Waals surface area contributed by atoms with Crippen molar-refractivity contribution in [2.75, 3.05) is 18.9 Å². The summed E-state index contributed by atoms with van der Waals surface area (Å²) in [5, 5.41) is 8.82. The van der Waals surface area contributed by atoms with Gasteiger partial charge in [0.25, 0.3) is 0 Å². The number of nitrogens with one attached hydrogen (secondary N) is 2. The van der Waals surface area contributed by atoms with Crippen molar-refractivity contribution in [2.24, 2.45) is 0 Å². The van der Waals surface area contributed by atoms with Crippen LogP contribution in [0.25, 0.3) is 27.9 Å². The average Bonchev–Trinajstić information content (AvgIpc) is 3.30. The van der Waals surface area contributed by atoms with E-state index in [9.17, 15) is 4.79 Å². The van der Waals surface area contributed by atoms with Crippen molar-refractivity contribution in [3.63, 3.8) is 0 Å². The molecule has 1 atom stereocenters. The van der Waals surface area contributed by atoms with Crippen LogP contribution in [-0.2, 0) is 4.79 Å². The van der Waals surface area contributed by atoms with E-state index in [1.165, 1.54) is 0 Å². The Hall–Kier alpha value is -3.49. The van der Waals surface area contributed by atoms with Crippen LogP contribution in [0.2, 0.25) is 0 Å². The lowest BCUT2D eigenvalue weighted by molar-refractivity contribution is -0.132. The standard InChI is InChI=1S/C18H18N8O/c1-25-10-11(2-5-16(25)27)22-18-21-9-13-12(8-20-17(13)23-18)14-3-4-15-19-6-7-26(15)24-14/h3-4,6-9,11H,2,5,10H2,1H3,(H2,20,21,22,23)/t11-/m1/s1. The summed E-state index contributed by atoms with van der Waals surface area (Å²) in [6.45, 7) is 0.658. The van der Waals surface area contributed by atoms with Gasteiger partial charge in [0.15, 0.2) is 5.65 Å². The van der Waals surface area contributed by atoms with Gasteiger partial charge in [-0.3, -0.25) is 4.79 Å². The molecule has 0 aliphatic carbocycles. The van der Waals surface area contributed by atoms with E-state index in [1.54, 1.807) is 21.8 Å². The molecule has 5 heterocycles. The highest BCUT2D eigenvalue weighted by atomic mass is 16.2. The number of aromatic nitrogens is 6. The second-order valence-electron chi connectivity index (χ2n) is 6.76. The molecule has 0 radical (unpaired) electrons. The first kappa shape index (κ1) is 15.7. The number of nitrogens with zero attached hydrogens (tertiary/aromatic N) is 6. The van der Waals surface area contributed by atoms with Crippen LogP contribution in [-0.4, -0.2) is 60.0 Å². The quantitative estimate of drug-likeness (QED) is 0.575. The minimum Gasteiger partial charge on any atom is -0.350 e. The van der Waals surface area contributed by atoms with Crippen molar-refractivity contribution in [3.05, 3.63) is 36.9 Å². The van der Waals surface area contributed by atoms with Gasteiger partial charge >= 0.3 is 0 Å². The number of aromatic amines is 1. The van der Waals surface area contributed by atoms with Gasteiger partial charge in [0.05, 0.1) is 5.69 Å². The number of likely N-dealkylation sites (N-methyl/N-ethyl adjacent to an activating group) is 1. The topological polar surface area (TPSA) is 104 Å². The third-order valence-corrected chi connectivity index (χ3v) is 4.92. The predicted octanol–water partition coefficient (Wildman–Crippen LogP) is 1.70. The molecule has 1 fully saturated rings. The number of anilines is 1. The van der Waals surface area contributed by atoms with Gasteiger partial charge in [-0.15, -0.1) is 0 Å². The zero-order chi connectivity index (χ0) is 18.4. The first-order chi connectivity index (χ1) is 13.2. The fraction of sp³-hybridized carbons (Fsp3) is 0.278. The fourth-order valence-corrected chi connectivity index (χ4v) is 3.46. The van der Waals surface area contributed by atoms with E-state index in [0.717, 1.165) is 34.4 Å². The molecule has 0 unspecified atom stereocenters. The number of H-pyrrole nitrogens is 1. The fourth-order valence-electron chi connectivity index (χ4n) is 3.46. The summed E-state index contributed by atoms with van der Waals surface area (Å²) in [5.41, 5.74) is 3.31. The number of piperidine rings is 1. The number of imidazole rings is 1. The summed E-state index contributed by atoms with van der Waals surface area (Å²) in [7, 11) is 1.82. The van der Waals surface area contributed by atoms with E-state index >= 15 is 0 Å². The Bertz CT molecular complexity index is 1150. The summed E-state index contributed by atoms with van der Waals surface area (Å²) in [6.07, 6.45) is 8.56. The summed E-state index contributed by atoms with van der Waals surface area (Å²) < 4.78 is 1.74. The minimum absolute atomic E-state index is 0.157. The lowest BCUT2D eigenvalue weighted by Crippen LogP contribution is -2.43. The molecule has 0 aromatic carbocycles. The number of amides is 1. The SMILES string of the molecule is CN1C[C@H](Nc2ncc3c(-c4ccc5nccn5n4)c[nH]c3n2)CCC1=O. The highest BCUT2D eigenvalue weighted by Gasteiger charge is 2.23. The summed E-state index contributed by atoms with van der Waals surface area (Å²) in [5.74, 6) is 0.738. The average molecular weight is 362 g/mol. The van der Waals surface area contributed by atoms with Gasteiger partial charge in [0.1, 0.15) is 5.65 Å². The molecule has 0 spiro atoms. The molecule has 1 aliphatic rings. The first-order valence-corrected chi connectivity index (χ1v) is 8.83. The molecule has 4 aromatic heterocycles. The lowest BCUT2D eigenvalue weighted by atomic mass is 10.1. The molecule has 4 aromatic rings. The third kappa shape index (κ3) is 2.77. The number of carbonyl (C=O) groups excluding carboxylic acids is 1. The van der Waals surface area contributed by atoms with Gasteiger partial charge in [-0.2, -0.15) is 10.1 Å². The molecule has 5 rings (SSSR count). The highest BCUT2D eigenvalue weighted by Crippen LogP contribution is 2.26. The monoisotopic (exact) mass is 362 g/mol. The van der Waals surface area contributed by atoms with E-state index in [4.69, 9.17) is 0 Å². The number of likely N-dealkylation sites (tertiary alicyclic amines) is 1.